The first-order valence-electron chi connectivity index (χ1n) is 6.07. The smallest absolute Gasteiger partial charge is 0.228 e. The normalized spacial score (nSPS) is 18.4. The topological polar surface area (TPSA) is 46.3 Å². The minimum absolute atomic E-state index is 0.167. The van der Waals surface area contributed by atoms with Gasteiger partial charge in [-0.3, -0.25) is 4.79 Å². The maximum Gasteiger partial charge on any atom is 0.228 e. The lowest BCUT2D eigenvalue weighted by atomic mass is 9.87. The molecule has 1 rings (SSSR count). The van der Waals surface area contributed by atoms with Gasteiger partial charge in [-0.2, -0.15) is 0 Å². The van der Waals surface area contributed by atoms with Crippen molar-refractivity contribution in [2.24, 2.45) is 11.1 Å². The summed E-state index contributed by atoms with van der Waals surface area (Å²) in [5.41, 5.74) is 5.37. The largest absolute Gasteiger partial charge is 0.392 e. The number of thiocarbonyl (C=S) groups is 1. The Morgan fingerprint density at radius 2 is 2.00 bits per heavy atom. The van der Waals surface area contributed by atoms with E-state index in [1.54, 1.807) is 0 Å². The van der Waals surface area contributed by atoms with Crippen molar-refractivity contribution in [2.75, 3.05) is 13.1 Å². The number of amides is 1. The van der Waals surface area contributed by atoms with Gasteiger partial charge < -0.3 is 10.6 Å². The van der Waals surface area contributed by atoms with Crippen LogP contribution in [0.3, 0.4) is 0 Å². The van der Waals surface area contributed by atoms with Crippen LogP contribution in [-0.4, -0.2) is 28.9 Å². The molecule has 2 N–H and O–H groups in total. The molecule has 1 amide bonds. The van der Waals surface area contributed by atoms with Gasteiger partial charge in [0.05, 0.1) is 11.5 Å². The van der Waals surface area contributed by atoms with Crippen LogP contribution in [0.15, 0.2) is 0 Å². The Hall–Kier alpha value is -0.640. The zero-order valence-corrected chi connectivity index (χ0v) is 11.1. The summed E-state index contributed by atoms with van der Waals surface area (Å²) in [5, 5.41) is 0. The summed E-state index contributed by atoms with van der Waals surface area (Å²) in [7, 11) is 0. The van der Waals surface area contributed by atoms with Crippen LogP contribution in [0.5, 0.6) is 0 Å². The van der Waals surface area contributed by atoms with E-state index in [-0.39, 0.29) is 11.3 Å². The van der Waals surface area contributed by atoms with Gasteiger partial charge in [-0.15, -0.1) is 0 Å². The quantitative estimate of drug-likeness (QED) is 0.751. The molecular weight excluding hydrogens is 220 g/mol. The third-order valence-electron chi connectivity index (χ3n) is 3.35. The third kappa shape index (κ3) is 3.17. The van der Waals surface area contributed by atoms with Crippen LogP contribution in [0.1, 0.15) is 46.0 Å². The molecule has 1 aliphatic rings. The SMILES string of the molecule is CCCN(CC(N)=S)C(=O)C1(C)CCCC1. The molecule has 3 nitrogen and oxygen atoms in total. The summed E-state index contributed by atoms with van der Waals surface area (Å²) >= 11 is 4.90. The Morgan fingerprint density at radius 3 is 2.44 bits per heavy atom. The molecule has 0 unspecified atom stereocenters. The van der Waals surface area contributed by atoms with E-state index in [0.29, 0.717) is 11.5 Å². The molecule has 0 aromatic heterocycles. The second kappa shape index (κ2) is 5.62. The Balaban J connectivity index is 2.69. The lowest BCUT2D eigenvalue weighted by Crippen LogP contribution is -2.45. The number of hydrogen-bond acceptors (Lipinski definition) is 2. The highest BCUT2D eigenvalue weighted by Gasteiger charge is 2.38. The Labute approximate surface area is 103 Å². The molecule has 0 aromatic rings. The van der Waals surface area contributed by atoms with E-state index >= 15 is 0 Å². The van der Waals surface area contributed by atoms with E-state index in [1.807, 2.05) is 4.90 Å². The van der Waals surface area contributed by atoms with Gasteiger partial charge in [0.2, 0.25) is 5.91 Å². The number of carbonyl (C=O) groups excluding carboxylic acids is 1. The first-order valence-corrected chi connectivity index (χ1v) is 6.48. The molecule has 16 heavy (non-hydrogen) atoms. The zero-order valence-electron chi connectivity index (χ0n) is 10.3. The van der Waals surface area contributed by atoms with Crippen LogP contribution < -0.4 is 5.73 Å². The maximum absolute atomic E-state index is 12.4. The molecule has 0 radical (unpaired) electrons. The molecule has 0 aromatic carbocycles. The maximum atomic E-state index is 12.4. The van der Waals surface area contributed by atoms with Gasteiger partial charge in [0.15, 0.2) is 0 Å². The van der Waals surface area contributed by atoms with Crippen molar-refractivity contribution >= 4 is 23.1 Å². The highest BCUT2D eigenvalue weighted by atomic mass is 32.1. The van der Waals surface area contributed by atoms with Crippen LogP contribution in [-0.2, 0) is 4.79 Å². The Morgan fingerprint density at radius 1 is 1.44 bits per heavy atom. The Kier molecular flexibility index (Phi) is 4.71. The first-order chi connectivity index (χ1) is 7.49. The van der Waals surface area contributed by atoms with Crippen molar-refractivity contribution in [1.82, 2.24) is 4.90 Å². The monoisotopic (exact) mass is 242 g/mol. The molecule has 0 bridgehead atoms. The number of carbonyl (C=O) groups is 1. The van der Waals surface area contributed by atoms with Gasteiger partial charge in [-0.05, 0) is 19.3 Å². The third-order valence-corrected chi connectivity index (χ3v) is 3.48. The average Bonchev–Trinajstić information content (AvgIpc) is 2.64. The molecule has 0 spiro atoms. The molecule has 1 fully saturated rings. The minimum Gasteiger partial charge on any atom is -0.392 e. The average molecular weight is 242 g/mol. The van der Waals surface area contributed by atoms with Gasteiger partial charge in [0.1, 0.15) is 0 Å². The number of rotatable bonds is 5. The number of hydrogen-bond donors (Lipinski definition) is 1. The van der Waals surface area contributed by atoms with Crippen molar-refractivity contribution in [1.29, 1.82) is 0 Å². The highest BCUT2D eigenvalue weighted by Crippen LogP contribution is 2.39. The summed E-state index contributed by atoms with van der Waals surface area (Å²) in [6.07, 6.45) is 5.28. The summed E-state index contributed by atoms with van der Waals surface area (Å²) < 4.78 is 0. The number of nitrogens with zero attached hydrogens (tertiary/aromatic N) is 1. The minimum atomic E-state index is -0.167. The van der Waals surface area contributed by atoms with Crippen molar-refractivity contribution < 1.29 is 4.79 Å². The zero-order chi connectivity index (χ0) is 12.2. The predicted octanol–water partition coefficient (Wildman–Crippen LogP) is 2.09. The van der Waals surface area contributed by atoms with Gasteiger partial charge in [0, 0.05) is 12.0 Å². The molecule has 0 atom stereocenters. The first kappa shape index (κ1) is 13.4. The van der Waals surface area contributed by atoms with Crippen LogP contribution >= 0.6 is 12.2 Å². The van der Waals surface area contributed by atoms with E-state index in [4.69, 9.17) is 18.0 Å². The van der Waals surface area contributed by atoms with Crippen LogP contribution in [0.2, 0.25) is 0 Å². The second-order valence-corrected chi connectivity index (χ2v) is 5.49. The van der Waals surface area contributed by atoms with Gasteiger partial charge in [-0.25, -0.2) is 0 Å². The molecule has 1 saturated carbocycles. The summed E-state index contributed by atoms with van der Waals surface area (Å²) in [4.78, 5) is 14.6. The van der Waals surface area contributed by atoms with E-state index in [9.17, 15) is 4.79 Å². The van der Waals surface area contributed by atoms with E-state index < -0.39 is 0 Å². The van der Waals surface area contributed by atoms with Gasteiger partial charge in [-0.1, -0.05) is 38.9 Å². The molecule has 1 aliphatic carbocycles. The van der Waals surface area contributed by atoms with Crippen LogP contribution in [0, 0.1) is 5.41 Å². The fourth-order valence-corrected chi connectivity index (χ4v) is 2.62. The molecular formula is C12H22N2OS. The predicted molar refractivity (Wildman–Crippen MR) is 70.2 cm³/mol. The van der Waals surface area contributed by atoms with Crippen molar-refractivity contribution in [3.05, 3.63) is 0 Å². The fourth-order valence-electron chi connectivity index (χ4n) is 2.46. The Bertz CT molecular complexity index is 272. The van der Waals surface area contributed by atoms with Crippen molar-refractivity contribution in [3.63, 3.8) is 0 Å². The summed E-state index contributed by atoms with van der Waals surface area (Å²) in [6.45, 7) is 5.32. The van der Waals surface area contributed by atoms with E-state index in [0.717, 1.165) is 38.6 Å². The fraction of sp³-hybridized carbons (Fsp3) is 0.833. The lowest BCUT2D eigenvalue weighted by molar-refractivity contribution is -0.140. The lowest BCUT2D eigenvalue weighted by Gasteiger charge is -2.31. The van der Waals surface area contributed by atoms with Gasteiger partial charge >= 0.3 is 0 Å². The summed E-state index contributed by atoms with van der Waals surface area (Å²) in [6, 6.07) is 0. The highest BCUT2D eigenvalue weighted by molar-refractivity contribution is 7.80. The molecule has 0 heterocycles. The van der Waals surface area contributed by atoms with Crippen molar-refractivity contribution in [2.45, 2.75) is 46.0 Å². The number of nitrogens with two attached hydrogens (primary N) is 1. The second-order valence-electron chi connectivity index (χ2n) is 4.96. The van der Waals surface area contributed by atoms with E-state index in [2.05, 4.69) is 13.8 Å². The molecule has 0 aliphatic heterocycles. The van der Waals surface area contributed by atoms with Gasteiger partial charge in [0.25, 0.3) is 0 Å². The van der Waals surface area contributed by atoms with Crippen LogP contribution in [0.4, 0.5) is 0 Å². The summed E-state index contributed by atoms with van der Waals surface area (Å²) in [5.74, 6) is 0.236. The molecule has 0 saturated heterocycles. The standard InChI is InChI=1S/C12H22N2OS/c1-3-8-14(9-10(13)16)11(15)12(2)6-4-5-7-12/h3-9H2,1-2H3,(H2,13,16). The molecule has 92 valence electrons. The molecule has 4 heteroatoms. The van der Waals surface area contributed by atoms with Crippen molar-refractivity contribution in [3.8, 4) is 0 Å². The van der Waals surface area contributed by atoms with Crippen LogP contribution in [0.25, 0.3) is 0 Å². The van der Waals surface area contributed by atoms with E-state index in [1.165, 1.54) is 0 Å².